The van der Waals surface area contributed by atoms with Crippen LogP contribution in [0.2, 0.25) is 0 Å². The molecule has 18 heavy (non-hydrogen) atoms. The van der Waals surface area contributed by atoms with Gasteiger partial charge in [-0.2, -0.15) is 0 Å². The third-order valence-electron chi connectivity index (χ3n) is 2.73. The quantitative estimate of drug-likeness (QED) is 0.740. The lowest BCUT2D eigenvalue weighted by atomic mass is 10.1. The molecule has 0 spiro atoms. The number of pyridine rings is 1. The van der Waals surface area contributed by atoms with Crippen molar-refractivity contribution in [1.29, 1.82) is 0 Å². The van der Waals surface area contributed by atoms with Gasteiger partial charge in [0.05, 0.1) is 5.56 Å². The molecule has 0 aliphatic carbocycles. The number of aromatic amines is 1. The molecule has 1 aromatic carbocycles. The summed E-state index contributed by atoms with van der Waals surface area (Å²) in [7, 11) is 0. The van der Waals surface area contributed by atoms with Gasteiger partial charge in [-0.25, -0.2) is 0 Å². The van der Waals surface area contributed by atoms with E-state index in [4.69, 9.17) is 5.73 Å². The molecule has 0 fully saturated rings. The fourth-order valence-electron chi connectivity index (χ4n) is 1.75. The third kappa shape index (κ3) is 2.41. The van der Waals surface area contributed by atoms with Crippen LogP contribution in [0.3, 0.4) is 0 Å². The fraction of sp³-hybridized carbons (Fsp3) is 0.231. The second kappa shape index (κ2) is 5.01. The van der Waals surface area contributed by atoms with E-state index in [1.54, 1.807) is 12.1 Å². The second-order valence-corrected chi connectivity index (χ2v) is 4.20. The number of para-hydroxylation sites is 1. The predicted octanol–water partition coefficient (Wildman–Crippen LogP) is 0.605. The summed E-state index contributed by atoms with van der Waals surface area (Å²) in [6, 6.07) is 8.37. The van der Waals surface area contributed by atoms with E-state index in [1.165, 1.54) is 6.07 Å². The highest BCUT2D eigenvalue weighted by Crippen LogP contribution is 2.14. The molecule has 0 saturated carbocycles. The van der Waals surface area contributed by atoms with E-state index in [2.05, 4.69) is 10.3 Å². The Morgan fingerprint density at radius 1 is 1.44 bits per heavy atom. The molecule has 94 valence electrons. The highest BCUT2D eigenvalue weighted by molar-refractivity contribution is 6.06. The van der Waals surface area contributed by atoms with Gasteiger partial charge in [0, 0.05) is 29.6 Å². The maximum Gasteiger partial charge on any atom is 0.252 e. The van der Waals surface area contributed by atoms with Crippen LogP contribution in [0.15, 0.2) is 35.1 Å². The molecule has 2 aromatic rings. The van der Waals surface area contributed by atoms with Gasteiger partial charge in [0.15, 0.2) is 0 Å². The monoisotopic (exact) mass is 245 g/mol. The minimum atomic E-state index is -0.292. The lowest BCUT2D eigenvalue weighted by Crippen LogP contribution is -2.38. The van der Waals surface area contributed by atoms with Crippen molar-refractivity contribution in [3.8, 4) is 0 Å². The molecule has 5 heteroatoms. The predicted molar refractivity (Wildman–Crippen MR) is 70.6 cm³/mol. The van der Waals surface area contributed by atoms with Crippen LogP contribution in [0.4, 0.5) is 0 Å². The Hall–Kier alpha value is -2.14. The minimum Gasteiger partial charge on any atom is -0.348 e. The molecule has 1 amide bonds. The zero-order valence-corrected chi connectivity index (χ0v) is 10.1. The maximum atomic E-state index is 12.1. The highest BCUT2D eigenvalue weighted by Gasteiger charge is 2.13. The van der Waals surface area contributed by atoms with E-state index in [0.717, 1.165) is 5.39 Å². The van der Waals surface area contributed by atoms with Crippen molar-refractivity contribution >= 4 is 16.8 Å². The van der Waals surface area contributed by atoms with Crippen molar-refractivity contribution in [2.45, 2.75) is 13.0 Å². The number of carbonyl (C=O) groups excluding carboxylic acids is 1. The number of carbonyl (C=O) groups is 1. The molecular formula is C13H15N3O2. The normalized spacial score (nSPS) is 12.3. The number of H-pyrrole nitrogens is 1. The van der Waals surface area contributed by atoms with Crippen LogP contribution in [-0.2, 0) is 0 Å². The SMILES string of the molecule is CC(CN)NC(=O)c1cc(=O)[nH]c2ccccc12. The van der Waals surface area contributed by atoms with Crippen LogP contribution in [-0.4, -0.2) is 23.5 Å². The summed E-state index contributed by atoms with van der Waals surface area (Å²) in [5.41, 5.74) is 6.18. The summed E-state index contributed by atoms with van der Waals surface area (Å²) in [6.45, 7) is 2.17. The van der Waals surface area contributed by atoms with E-state index >= 15 is 0 Å². The first kappa shape index (κ1) is 12.3. The van der Waals surface area contributed by atoms with Crippen molar-refractivity contribution in [2.75, 3.05) is 6.54 Å². The van der Waals surface area contributed by atoms with Gasteiger partial charge in [-0.05, 0) is 13.0 Å². The van der Waals surface area contributed by atoms with Crippen LogP contribution in [0.5, 0.6) is 0 Å². The summed E-state index contributed by atoms with van der Waals surface area (Å²) in [5.74, 6) is -0.282. The standard InChI is InChI=1S/C13H15N3O2/c1-8(7-14)15-13(18)10-6-12(17)16-11-5-3-2-4-9(10)11/h2-6,8H,7,14H2,1H3,(H,15,18)(H,16,17). The van der Waals surface area contributed by atoms with Crippen molar-refractivity contribution < 1.29 is 4.79 Å². The van der Waals surface area contributed by atoms with Crippen LogP contribution >= 0.6 is 0 Å². The number of benzene rings is 1. The molecule has 0 bridgehead atoms. The molecule has 0 saturated heterocycles. The van der Waals surface area contributed by atoms with E-state index in [-0.39, 0.29) is 17.5 Å². The number of nitrogens with one attached hydrogen (secondary N) is 2. The average molecular weight is 245 g/mol. The number of nitrogens with two attached hydrogens (primary N) is 1. The molecule has 1 atom stereocenters. The van der Waals surface area contributed by atoms with E-state index in [0.29, 0.717) is 17.6 Å². The summed E-state index contributed by atoms with van der Waals surface area (Å²) in [5, 5.41) is 3.47. The molecule has 0 radical (unpaired) electrons. The first-order valence-electron chi connectivity index (χ1n) is 5.75. The summed E-state index contributed by atoms with van der Waals surface area (Å²) in [4.78, 5) is 26.3. The number of rotatable bonds is 3. The molecule has 1 heterocycles. The fourth-order valence-corrected chi connectivity index (χ4v) is 1.75. The van der Waals surface area contributed by atoms with Gasteiger partial charge < -0.3 is 16.0 Å². The van der Waals surface area contributed by atoms with Gasteiger partial charge in [0.1, 0.15) is 0 Å². The zero-order chi connectivity index (χ0) is 13.1. The molecule has 0 aliphatic rings. The number of amides is 1. The van der Waals surface area contributed by atoms with Crippen LogP contribution in [0, 0.1) is 0 Å². The largest absolute Gasteiger partial charge is 0.348 e. The van der Waals surface area contributed by atoms with E-state index in [1.807, 2.05) is 19.1 Å². The van der Waals surface area contributed by atoms with Gasteiger partial charge in [-0.1, -0.05) is 18.2 Å². The highest BCUT2D eigenvalue weighted by atomic mass is 16.2. The Kier molecular flexibility index (Phi) is 3.43. The summed E-state index contributed by atoms with van der Waals surface area (Å²) < 4.78 is 0. The number of aromatic nitrogens is 1. The van der Waals surface area contributed by atoms with Crippen LogP contribution in [0.25, 0.3) is 10.9 Å². The van der Waals surface area contributed by atoms with E-state index in [9.17, 15) is 9.59 Å². The van der Waals surface area contributed by atoms with Crippen molar-refractivity contribution in [3.63, 3.8) is 0 Å². The Morgan fingerprint density at radius 3 is 2.89 bits per heavy atom. The first-order valence-corrected chi connectivity index (χ1v) is 5.75. The van der Waals surface area contributed by atoms with Crippen molar-refractivity contribution in [3.05, 3.63) is 46.2 Å². The summed E-state index contributed by atoms with van der Waals surface area (Å²) in [6.07, 6.45) is 0. The molecule has 4 N–H and O–H groups in total. The van der Waals surface area contributed by atoms with Crippen molar-refractivity contribution in [2.24, 2.45) is 5.73 Å². The number of hydrogen-bond donors (Lipinski definition) is 3. The minimum absolute atomic E-state index is 0.129. The first-order chi connectivity index (χ1) is 8.61. The Balaban J connectivity index is 2.50. The molecule has 0 aliphatic heterocycles. The van der Waals surface area contributed by atoms with Gasteiger partial charge in [-0.3, -0.25) is 9.59 Å². The topological polar surface area (TPSA) is 88.0 Å². The Morgan fingerprint density at radius 2 is 2.17 bits per heavy atom. The van der Waals surface area contributed by atoms with Crippen LogP contribution < -0.4 is 16.6 Å². The van der Waals surface area contributed by atoms with Gasteiger partial charge in [0.25, 0.3) is 5.91 Å². The van der Waals surface area contributed by atoms with Gasteiger partial charge in [-0.15, -0.1) is 0 Å². The van der Waals surface area contributed by atoms with Crippen LogP contribution in [0.1, 0.15) is 17.3 Å². The summed E-state index contributed by atoms with van der Waals surface area (Å²) >= 11 is 0. The lowest BCUT2D eigenvalue weighted by molar-refractivity contribution is 0.0943. The number of fused-ring (bicyclic) bond motifs is 1. The molecule has 5 nitrogen and oxygen atoms in total. The molecule has 1 unspecified atom stereocenters. The molecular weight excluding hydrogens is 230 g/mol. The van der Waals surface area contributed by atoms with Crippen molar-refractivity contribution in [1.82, 2.24) is 10.3 Å². The Labute approximate surface area is 104 Å². The molecule has 2 rings (SSSR count). The number of hydrogen-bond acceptors (Lipinski definition) is 3. The second-order valence-electron chi connectivity index (χ2n) is 4.20. The lowest BCUT2D eigenvalue weighted by Gasteiger charge is -2.12. The smallest absolute Gasteiger partial charge is 0.252 e. The third-order valence-corrected chi connectivity index (χ3v) is 2.73. The zero-order valence-electron chi connectivity index (χ0n) is 10.1. The van der Waals surface area contributed by atoms with Gasteiger partial charge >= 0.3 is 0 Å². The Bertz CT molecular complexity index is 633. The maximum absolute atomic E-state index is 12.1. The van der Waals surface area contributed by atoms with Gasteiger partial charge in [0.2, 0.25) is 5.56 Å². The van der Waals surface area contributed by atoms with E-state index < -0.39 is 0 Å². The molecule has 1 aromatic heterocycles. The average Bonchev–Trinajstić information content (AvgIpc) is 2.37.